The molecule has 0 bridgehead atoms. The highest BCUT2D eigenvalue weighted by molar-refractivity contribution is 7.92. The molecule has 28 heavy (non-hydrogen) atoms. The van der Waals surface area contributed by atoms with Crippen LogP contribution in [0.3, 0.4) is 0 Å². The molecule has 0 aromatic heterocycles. The van der Waals surface area contributed by atoms with Gasteiger partial charge >= 0.3 is 12.1 Å². The zero-order valence-electron chi connectivity index (χ0n) is 14.1. The number of phenols is 1. The molecule has 1 aliphatic rings. The van der Waals surface area contributed by atoms with E-state index in [9.17, 15) is 31.5 Å². The Kier molecular flexibility index (Phi) is 5.20. The first-order valence-corrected chi connectivity index (χ1v) is 9.83. The van der Waals surface area contributed by atoms with Gasteiger partial charge in [0.2, 0.25) is 0 Å². The van der Waals surface area contributed by atoms with Crippen LogP contribution < -0.4 is 4.72 Å². The molecule has 2 aromatic carbocycles. The number of carbonyl (C=O) groups is 1. The number of rotatable bonds is 3. The van der Waals surface area contributed by atoms with Gasteiger partial charge in [-0.1, -0.05) is 17.7 Å². The Hall–Kier alpha value is -2.46. The molecule has 0 unspecified atom stereocenters. The Labute approximate surface area is 163 Å². The minimum absolute atomic E-state index is 0.105. The molecule has 1 aliphatic heterocycles. The van der Waals surface area contributed by atoms with Crippen molar-refractivity contribution in [2.24, 2.45) is 0 Å². The molecule has 2 N–H and O–H groups in total. The maximum absolute atomic E-state index is 12.7. The molecule has 0 fully saturated rings. The number of amides is 1. The number of phenolic OH excluding ortho intramolecular Hbond substituents is 1. The first-order chi connectivity index (χ1) is 13.0. The minimum Gasteiger partial charge on any atom is -0.506 e. The number of aromatic hydroxyl groups is 1. The number of anilines is 1. The molecule has 0 spiro atoms. The fourth-order valence-corrected chi connectivity index (χ4v) is 4.13. The van der Waals surface area contributed by atoms with E-state index in [2.05, 4.69) is 4.72 Å². The number of halogens is 4. The molecule has 0 atom stereocenters. The fourth-order valence-electron chi connectivity index (χ4n) is 2.85. The van der Waals surface area contributed by atoms with Gasteiger partial charge in [-0.05, 0) is 47.9 Å². The van der Waals surface area contributed by atoms with Crippen molar-refractivity contribution in [2.45, 2.75) is 24.0 Å². The van der Waals surface area contributed by atoms with Gasteiger partial charge in [-0.25, -0.2) is 8.42 Å². The second-order valence-electron chi connectivity index (χ2n) is 6.17. The lowest BCUT2D eigenvalue weighted by Gasteiger charge is -2.29. The molecule has 150 valence electrons. The lowest BCUT2D eigenvalue weighted by Crippen LogP contribution is -2.43. The van der Waals surface area contributed by atoms with Crippen LogP contribution in [0.25, 0.3) is 0 Å². The molecule has 0 saturated heterocycles. The summed E-state index contributed by atoms with van der Waals surface area (Å²) in [7, 11) is -4.15. The Balaban J connectivity index is 1.89. The normalized spacial score (nSPS) is 14.5. The summed E-state index contributed by atoms with van der Waals surface area (Å²) in [5.41, 5.74) is 0.830. The smallest absolute Gasteiger partial charge is 0.471 e. The first-order valence-electron chi connectivity index (χ1n) is 7.96. The second kappa shape index (κ2) is 7.17. The number of nitrogens with one attached hydrogen (secondary N) is 1. The van der Waals surface area contributed by atoms with Crippen molar-refractivity contribution >= 4 is 33.2 Å². The van der Waals surface area contributed by atoms with Crippen LogP contribution in [0.5, 0.6) is 5.75 Å². The van der Waals surface area contributed by atoms with Crippen LogP contribution in [0.4, 0.5) is 18.9 Å². The molecule has 3 rings (SSSR count). The van der Waals surface area contributed by atoms with E-state index in [1.165, 1.54) is 36.4 Å². The van der Waals surface area contributed by atoms with Gasteiger partial charge in [0.1, 0.15) is 5.75 Å². The van der Waals surface area contributed by atoms with E-state index in [-0.39, 0.29) is 40.9 Å². The summed E-state index contributed by atoms with van der Waals surface area (Å²) in [5.74, 6) is -2.30. The molecule has 0 aliphatic carbocycles. The van der Waals surface area contributed by atoms with Gasteiger partial charge in [-0.2, -0.15) is 13.2 Å². The summed E-state index contributed by atoms with van der Waals surface area (Å²) >= 11 is 5.79. The Morgan fingerprint density at radius 1 is 1.14 bits per heavy atom. The van der Waals surface area contributed by atoms with Crippen molar-refractivity contribution < 1.29 is 31.5 Å². The van der Waals surface area contributed by atoms with Crippen molar-refractivity contribution in [1.29, 1.82) is 0 Å². The summed E-state index contributed by atoms with van der Waals surface area (Å²) in [6.45, 7) is -0.453. The quantitative estimate of drug-likeness (QED) is 0.726. The van der Waals surface area contributed by atoms with Crippen molar-refractivity contribution in [3.63, 3.8) is 0 Å². The van der Waals surface area contributed by atoms with E-state index < -0.39 is 22.1 Å². The summed E-state index contributed by atoms with van der Waals surface area (Å²) < 4.78 is 65.4. The Morgan fingerprint density at radius 2 is 1.86 bits per heavy atom. The van der Waals surface area contributed by atoms with E-state index in [0.29, 0.717) is 16.0 Å². The number of hydrogen-bond donors (Lipinski definition) is 2. The lowest BCUT2D eigenvalue weighted by atomic mass is 10.00. The van der Waals surface area contributed by atoms with E-state index in [1.807, 2.05) is 0 Å². The van der Waals surface area contributed by atoms with Gasteiger partial charge < -0.3 is 10.0 Å². The average molecular weight is 435 g/mol. The summed E-state index contributed by atoms with van der Waals surface area (Å²) in [5, 5.41) is 9.97. The lowest BCUT2D eigenvalue weighted by molar-refractivity contribution is -0.186. The molecule has 11 heteroatoms. The predicted octanol–water partition coefficient (Wildman–Crippen LogP) is 3.29. The first kappa shape index (κ1) is 20.3. The molecule has 1 amide bonds. The average Bonchev–Trinajstić information content (AvgIpc) is 2.62. The summed E-state index contributed by atoms with van der Waals surface area (Å²) in [6.07, 6.45) is -4.81. The molecule has 6 nitrogen and oxygen atoms in total. The molecule has 2 aromatic rings. The number of hydrogen-bond acceptors (Lipinski definition) is 4. The number of fused-ring (bicyclic) bond motifs is 1. The van der Waals surface area contributed by atoms with Gasteiger partial charge in [0.15, 0.2) is 0 Å². The minimum atomic E-state index is -4.99. The van der Waals surface area contributed by atoms with Crippen molar-refractivity contribution in [1.82, 2.24) is 4.90 Å². The molecule has 0 radical (unpaired) electrons. The van der Waals surface area contributed by atoms with Gasteiger partial charge in [-0.3, -0.25) is 9.52 Å². The highest BCUT2D eigenvalue weighted by atomic mass is 35.5. The Bertz CT molecular complexity index is 1040. The molecular weight excluding hydrogens is 421 g/mol. The third-order valence-corrected chi connectivity index (χ3v) is 5.83. The van der Waals surface area contributed by atoms with Gasteiger partial charge in [0, 0.05) is 18.1 Å². The van der Waals surface area contributed by atoms with Gasteiger partial charge in [0.05, 0.1) is 10.6 Å². The summed E-state index contributed by atoms with van der Waals surface area (Å²) in [6, 6.07) is 7.83. The van der Waals surface area contributed by atoms with Crippen LogP contribution in [0.15, 0.2) is 41.3 Å². The van der Waals surface area contributed by atoms with Crippen LogP contribution in [0.2, 0.25) is 5.02 Å². The maximum Gasteiger partial charge on any atom is 0.471 e. The Morgan fingerprint density at radius 3 is 2.54 bits per heavy atom. The third kappa shape index (κ3) is 4.17. The van der Waals surface area contributed by atoms with Crippen LogP contribution in [0.1, 0.15) is 11.1 Å². The van der Waals surface area contributed by atoms with Crippen LogP contribution in [-0.2, 0) is 27.8 Å². The number of alkyl halides is 3. The molecular formula is C17H14ClF3N2O4S. The van der Waals surface area contributed by atoms with Crippen LogP contribution in [0, 0.1) is 0 Å². The van der Waals surface area contributed by atoms with E-state index in [4.69, 9.17) is 11.6 Å². The van der Waals surface area contributed by atoms with Crippen molar-refractivity contribution in [3.05, 3.63) is 52.5 Å². The van der Waals surface area contributed by atoms with Gasteiger partial charge in [-0.15, -0.1) is 0 Å². The monoisotopic (exact) mass is 434 g/mol. The SMILES string of the molecule is O=C(N1CCc2ccc(S(=O)(=O)Nc3cc(Cl)ccc3O)cc2C1)C(F)(F)F. The van der Waals surface area contributed by atoms with E-state index >= 15 is 0 Å². The predicted molar refractivity (Wildman–Crippen MR) is 95.5 cm³/mol. The van der Waals surface area contributed by atoms with Crippen LogP contribution >= 0.6 is 11.6 Å². The standard InChI is InChI=1S/C17H14ClF3N2O4S/c18-12-2-4-15(24)14(8-12)22-28(26,27)13-3-1-10-5-6-23(9-11(10)7-13)16(25)17(19,20)21/h1-4,7-8,22,24H,5-6,9H2. The van der Waals surface area contributed by atoms with Gasteiger partial charge in [0.25, 0.3) is 10.0 Å². The highest BCUT2D eigenvalue weighted by Gasteiger charge is 2.43. The number of carbonyl (C=O) groups excluding carboxylic acids is 1. The van der Waals surface area contributed by atoms with Crippen molar-refractivity contribution in [2.75, 3.05) is 11.3 Å². The fraction of sp³-hybridized carbons (Fsp3) is 0.235. The highest BCUT2D eigenvalue weighted by Crippen LogP contribution is 2.30. The zero-order valence-corrected chi connectivity index (χ0v) is 15.7. The largest absolute Gasteiger partial charge is 0.506 e. The second-order valence-corrected chi connectivity index (χ2v) is 8.29. The molecule has 1 heterocycles. The number of benzene rings is 2. The number of sulfonamides is 1. The third-order valence-electron chi connectivity index (χ3n) is 4.23. The topological polar surface area (TPSA) is 86.7 Å². The van der Waals surface area contributed by atoms with E-state index in [0.717, 1.165) is 0 Å². The molecule has 0 saturated carbocycles. The summed E-state index contributed by atoms with van der Waals surface area (Å²) in [4.78, 5) is 11.9. The van der Waals surface area contributed by atoms with E-state index in [1.54, 1.807) is 0 Å². The maximum atomic E-state index is 12.7. The van der Waals surface area contributed by atoms with Crippen LogP contribution in [-0.4, -0.2) is 37.1 Å². The van der Waals surface area contributed by atoms with Crippen molar-refractivity contribution in [3.8, 4) is 5.75 Å². The number of nitrogens with zero attached hydrogens (tertiary/aromatic N) is 1. The zero-order chi connectivity index (χ0) is 20.7.